The molecule has 0 aromatic heterocycles. The van der Waals surface area contributed by atoms with Crippen molar-refractivity contribution in [2.75, 3.05) is 12.3 Å². The first-order valence-electron chi connectivity index (χ1n) is 6.31. The number of hydrogen-bond donors (Lipinski definition) is 4. The number of nitrogens with zero attached hydrogens (tertiary/aromatic N) is 1. The Morgan fingerprint density at radius 2 is 2.27 bits per heavy atom. The van der Waals surface area contributed by atoms with E-state index in [9.17, 15) is 19.8 Å². The number of carboxylic acids is 1. The molecule has 2 rings (SSSR count). The number of amides is 1. The number of thioether (sulfide) groups is 1. The van der Waals surface area contributed by atoms with E-state index in [0.717, 1.165) is 6.34 Å². The molecule has 0 aliphatic carbocycles. The molecule has 6 N–H and O–H groups in total. The number of rotatable bonds is 7. The molecular weight excluding hydrogens is 321 g/mol. The van der Waals surface area contributed by atoms with Gasteiger partial charge in [0.15, 0.2) is 0 Å². The molecule has 2 aliphatic heterocycles. The Morgan fingerprint density at radius 3 is 2.77 bits per heavy atom. The maximum absolute atomic E-state index is 11.9. The van der Waals surface area contributed by atoms with Crippen molar-refractivity contribution >= 4 is 59.5 Å². The van der Waals surface area contributed by atoms with E-state index >= 15 is 0 Å². The van der Waals surface area contributed by atoms with E-state index in [-0.39, 0.29) is 52.7 Å². The molecule has 0 unspecified atom stereocenters. The Bertz CT molecular complexity index is 485. The molecule has 0 bridgehead atoms. The van der Waals surface area contributed by atoms with Gasteiger partial charge in [0.25, 0.3) is 0 Å². The van der Waals surface area contributed by atoms with Crippen LogP contribution in [0.2, 0.25) is 0 Å². The molecule has 0 radical (unpaired) electrons. The minimum atomic E-state index is -1.10. The van der Waals surface area contributed by atoms with Crippen molar-refractivity contribution < 1.29 is 25.3 Å². The minimum absolute atomic E-state index is 0. The number of fused-ring (bicyclic) bond motifs is 1. The number of nitrogens with one attached hydrogen (secondary N) is 2. The molecule has 0 saturated carbocycles. The van der Waals surface area contributed by atoms with Crippen LogP contribution >= 0.6 is 11.8 Å². The summed E-state index contributed by atoms with van der Waals surface area (Å²) in [4.78, 5) is 25.2. The number of aliphatic hydroxyl groups excluding tert-OH is 1. The number of aliphatic hydroxyl groups is 1. The third-order valence-electron chi connectivity index (χ3n) is 3.52. The average Bonchev–Trinajstić information content (AvgIpc) is 2.69. The Balaban J connectivity index is 0.00000220. The van der Waals surface area contributed by atoms with Crippen LogP contribution in [-0.2, 0) is 9.59 Å². The summed E-state index contributed by atoms with van der Waals surface area (Å²) in [5, 5.41) is 28.4. The Kier molecular flexibility index (Phi) is 8.66. The van der Waals surface area contributed by atoms with Crippen molar-refractivity contribution in [3.05, 3.63) is 10.6 Å². The zero-order chi connectivity index (χ0) is 14.9. The predicted molar refractivity (Wildman–Crippen MR) is 85.1 cm³/mol. The second kappa shape index (κ2) is 8.90. The molecule has 1 fully saturated rings. The summed E-state index contributed by atoms with van der Waals surface area (Å²) < 4.78 is 0. The van der Waals surface area contributed by atoms with Crippen LogP contribution in [-0.4, -0.2) is 92.8 Å². The normalized spacial score (nSPS) is 23.7. The van der Waals surface area contributed by atoms with E-state index in [4.69, 9.17) is 5.41 Å². The molecule has 8 nitrogen and oxygen atoms in total. The zero-order valence-corrected chi connectivity index (χ0v) is 12.3. The van der Waals surface area contributed by atoms with Crippen molar-refractivity contribution in [3.63, 3.8) is 0 Å². The molecule has 2 aliphatic rings. The molecule has 1 amide bonds. The van der Waals surface area contributed by atoms with Crippen LogP contribution in [0.15, 0.2) is 10.6 Å². The molecule has 0 aromatic carbocycles. The first-order valence-corrected chi connectivity index (χ1v) is 7.30. The van der Waals surface area contributed by atoms with Crippen LogP contribution in [0, 0.1) is 11.3 Å². The first-order chi connectivity index (χ1) is 9.49. The van der Waals surface area contributed by atoms with Gasteiger partial charge in [0.2, 0.25) is 5.91 Å². The van der Waals surface area contributed by atoms with Crippen LogP contribution in [0.3, 0.4) is 0 Å². The molecule has 3 atom stereocenters. The number of carboxylic acid groups (broad SMARTS) is 1. The first kappa shape index (κ1) is 21.4. The van der Waals surface area contributed by atoms with Crippen LogP contribution in [0.1, 0.15) is 13.3 Å². The molecule has 0 aromatic rings. The van der Waals surface area contributed by atoms with Crippen molar-refractivity contribution in [2.45, 2.75) is 25.5 Å². The van der Waals surface area contributed by atoms with Gasteiger partial charge < -0.3 is 25.9 Å². The van der Waals surface area contributed by atoms with E-state index in [1.807, 2.05) is 0 Å². The summed E-state index contributed by atoms with van der Waals surface area (Å²) in [6, 6.07) is -0.230. The van der Waals surface area contributed by atoms with E-state index in [0.29, 0.717) is 23.6 Å². The van der Waals surface area contributed by atoms with Gasteiger partial charge in [-0.2, -0.15) is 0 Å². The van der Waals surface area contributed by atoms with Gasteiger partial charge in [0.1, 0.15) is 5.70 Å². The Hall–Kier alpha value is -0.580. The second-order valence-corrected chi connectivity index (χ2v) is 5.96. The average molecular weight is 341 g/mol. The summed E-state index contributed by atoms with van der Waals surface area (Å²) in [7, 11) is 0. The van der Waals surface area contributed by atoms with E-state index in [1.165, 1.54) is 16.7 Å². The molecular formula is C12H20N3NaO5S. The van der Waals surface area contributed by atoms with E-state index in [1.54, 1.807) is 6.92 Å². The van der Waals surface area contributed by atoms with Gasteiger partial charge in [-0.1, -0.05) is 0 Å². The van der Waals surface area contributed by atoms with Gasteiger partial charge in [-0.05, 0) is 6.92 Å². The summed E-state index contributed by atoms with van der Waals surface area (Å²) >= 11 is 1.38. The molecule has 0 spiro atoms. The van der Waals surface area contributed by atoms with Crippen molar-refractivity contribution in [1.29, 1.82) is 5.41 Å². The summed E-state index contributed by atoms with van der Waals surface area (Å²) in [5.74, 6) is -1.29. The number of aliphatic carboxylic acids is 1. The summed E-state index contributed by atoms with van der Waals surface area (Å²) in [6.07, 6.45) is 0.808. The predicted octanol–water partition coefficient (Wildman–Crippen LogP) is -1.65. The fraction of sp³-hybridized carbons (Fsp3) is 0.583. The SMILES string of the molecule is C[C@@H](O)[C@H]1C(=O)N2C(C(=O)O)=C(SCCNC=N)C[C@H]12.O.[NaH]. The Morgan fingerprint density at radius 1 is 1.64 bits per heavy atom. The fourth-order valence-corrected chi connectivity index (χ4v) is 3.74. The quantitative estimate of drug-likeness (QED) is 0.143. The Labute approximate surface area is 154 Å². The van der Waals surface area contributed by atoms with Gasteiger partial charge >= 0.3 is 35.5 Å². The number of hydrogen-bond acceptors (Lipinski definition) is 5. The third kappa shape index (κ3) is 3.84. The molecule has 22 heavy (non-hydrogen) atoms. The van der Waals surface area contributed by atoms with Gasteiger partial charge in [0.05, 0.1) is 24.4 Å². The van der Waals surface area contributed by atoms with Crippen molar-refractivity contribution in [2.24, 2.45) is 5.92 Å². The van der Waals surface area contributed by atoms with Crippen molar-refractivity contribution in [3.8, 4) is 0 Å². The monoisotopic (exact) mass is 341 g/mol. The molecule has 10 heteroatoms. The van der Waals surface area contributed by atoms with E-state index < -0.39 is 18.0 Å². The number of β-lactam (4-membered cyclic amide) rings is 1. The van der Waals surface area contributed by atoms with Crippen LogP contribution in [0.5, 0.6) is 0 Å². The number of carbonyl (C=O) groups is 2. The standard InChI is InChI=1S/C12H17N3O4S.Na.H2O.H/c1-6(16)9-7-4-8(20-3-2-14-5-13)10(12(18)19)15(7)11(9)17;;;/h5-7,9,16H,2-4H2,1H3,(H2,13,14)(H,18,19);;1H2;/t6-,7-,9-;;;/m1.../s1. The summed E-state index contributed by atoms with van der Waals surface area (Å²) in [6.45, 7) is 2.11. The van der Waals surface area contributed by atoms with Gasteiger partial charge in [-0.15, -0.1) is 11.8 Å². The fourth-order valence-electron chi connectivity index (χ4n) is 2.67. The third-order valence-corrected chi connectivity index (χ3v) is 4.63. The number of carbonyl (C=O) groups excluding carboxylic acids is 1. The molecule has 120 valence electrons. The maximum atomic E-state index is 11.9. The van der Waals surface area contributed by atoms with Crippen LogP contribution in [0.4, 0.5) is 0 Å². The van der Waals surface area contributed by atoms with Gasteiger partial charge in [0, 0.05) is 23.6 Å². The molecule has 1 saturated heterocycles. The molecule has 2 heterocycles. The topological polar surface area (TPSA) is 145 Å². The van der Waals surface area contributed by atoms with Crippen LogP contribution < -0.4 is 5.32 Å². The van der Waals surface area contributed by atoms with E-state index in [2.05, 4.69) is 5.32 Å². The van der Waals surface area contributed by atoms with Crippen LogP contribution in [0.25, 0.3) is 0 Å². The van der Waals surface area contributed by atoms with Gasteiger partial charge in [-0.25, -0.2) is 4.79 Å². The second-order valence-electron chi connectivity index (χ2n) is 4.77. The van der Waals surface area contributed by atoms with Gasteiger partial charge in [-0.3, -0.25) is 10.2 Å². The zero-order valence-electron chi connectivity index (χ0n) is 11.5. The summed E-state index contributed by atoms with van der Waals surface area (Å²) in [5.41, 5.74) is 0.0525. The van der Waals surface area contributed by atoms with Crippen molar-refractivity contribution in [1.82, 2.24) is 10.2 Å².